The maximum Gasteiger partial charge on any atom is 0.343 e. The van der Waals surface area contributed by atoms with Gasteiger partial charge >= 0.3 is 5.97 Å². The van der Waals surface area contributed by atoms with Crippen LogP contribution in [0.5, 0.6) is 11.5 Å². The molecule has 6 heteroatoms. The van der Waals surface area contributed by atoms with Gasteiger partial charge in [0, 0.05) is 6.61 Å². The van der Waals surface area contributed by atoms with Gasteiger partial charge < -0.3 is 14.2 Å². The molecule has 1 saturated carbocycles. The predicted octanol–water partition coefficient (Wildman–Crippen LogP) is 6.14. The number of nitriles is 2. The molecule has 0 bridgehead atoms. The largest absolute Gasteiger partial charge is 0.490 e. The molecule has 3 rings (SSSR count). The molecule has 0 heterocycles. The van der Waals surface area contributed by atoms with Crippen molar-refractivity contribution in [1.29, 1.82) is 10.5 Å². The molecule has 2 aromatic rings. The van der Waals surface area contributed by atoms with E-state index in [0.717, 1.165) is 5.92 Å². The fourth-order valence-electron chi connectivity index (χ4n) is 4.59. The Bertz CT molecular complexity index is 1040. The lowest BCUT2D eigenvalue weighted by Gasteiger charge is -2.28. The molecule has 0 N–H and O–H groups in total. The summed E-state index contributed by atoms with van der Waals surface area (Å²) >= 11 is 0. The normalized spacial score (nSPS) is 17.4. The first-order chi connectivity index (χ1) is 16.6. The lowest BCUT2D eigenvalue weighted by Crippen LogP contribution is -2.14. The first-order valence-electron chi connectivity index (χ1n) is 12.1. The molecule has 0 saturated heterocycles. The van der Waals surface area contributed by atoms with Crippen LogP contribution in [0.1, 0.15) is 85.3 Å². The Morgan fingerprint density at radius 2 is 1.56 bits per heavy atom. The Morgan fingerprint density at radius 1 is 0.912 bits per heavy atom. The van der Waals surface area contributed by atoms with E-state index in [1.54, 1.807) is 12.1 Å². The first kappa shape index (κ1) is 25.3. The van der Waals surface area contributed by atoms with E-state index in [1.165, 1.54) is 56.2 Å². The van der Waals surface area contributed by atoms with Crippen molar-refractivity contribution in [3.8, 4) is 23.6 Å². The summed E-state index contributed by atoms with van der Waals surface area (Å²) < 4.78 is 16.3. The van der Waals surface area contributed by atoms with Crippen molar-refractivity contribution in [2.24, 2.45) is 5.92 Å². The van der Waals surface area contributed by atoms with Gasteiger partial charge in [-0.15, -0.1) is 0 Å². The van der Waals surface area contributed by atoms with Crippen LogP contribution >= 0.6 is 0 Å². The average molecular weight is 461 g/mol. The SMILES string of the molecule is CCCC1CCC(c2ccc(C(=O)Oc3ccc(OCCOCC)c(C#N)c3C#N)cc2)CC1. The van der Waals surface area contributed by atoms with Crippen LogP contribution < -0.4 is 9.47 Å². The summed E-state index contributed by atoms with van der Waals surface area (Å²) in [7, 11) is 0. The van der Waals surface area contributed by atoms with Gasteiger partial charge in [0.2, 0.25) is 0 Å². The van der Waals surface area contributed by atoms with Gasteiger partial charge in [-0.3, -0.25) is 0 Å². The zero-order valence-corrected chi connectivity index (χ0v) is 20.0. The molecule has 34 heavy (non-hydrogen) atoms. The second-order valence-electron chi connectivity index (χ2n) is 8.60. The predicted molar refractivity (Wildman–Crippen MR) is 129 cm³/mol. The fraction of sp³-hybridized carbons (Fsp3) is 0.464. The van der Waals surface area contributed by atoms with Crippen LogP contribution in [0.25, 0.3) is 0 Å². The number of esters is 1. The highest BCUT2D eigenvalue weighted by molar-refractivity contribution is 5.91. The zero-order valence-electron chi connectivity index (χ0n) is 20.0. The van der Waals surface area contributed by atoms with Crippen molar-refractivity contribution >= 4 is 5.97 Å². The molecule has 1 aliphatic carbocycles. The Kier molecular flexibility index (Phi) is 9.50. The smallest absolute Gasteiger partial charge is 0.343 e. The minimum Gasteiger partial charge on any atom is -0.490 e. The van der Waals surface area contributed by atoms with E-state index in [-0.39, 0.29) is 29.2 Å². The third-order valence-electron chi connectivity index (χ3n) is 6.41. The van der Waals surface area contributed by atoms with Gasteiger partial charge in [-0.05, 0) is 74.3 Å². The molecule has 0 radical (unpaired) electrons. The summed E-state index contributed by atoms with van der Waals surface area (Å²) in [6.45, 7) is 5.31. The number of ether oxygens (including phenoxy) is 3. The van der Waals surface area contributed by atoms with Crippen molar-refractivity contribution in [3.63, 3.8) is 0 Å². The molecule has 0 amide bonds. The minimum atomic E-state index is -0.566. The molecule has 1 aliphatic rings. The van der Waals surface area contributed by atoms with Crippen molar-refractivity contribution in [2.45, 2.75) is 58.3 Å². The topological polar surface area (TPSA) is 92.3 Å². The van der Waals surface area contributed by atoms with Crippen molar-refractivity contribution in [1.82, 2.24) is 0 Å². The summed E-state index contributed by atoms with van der Waals surface area (Å²) in [5.74, 6) is 1.13. The first-order valence-corrected chi connectivity index (χ1v) is 12.1. The molecular weight excluding hydrogens is 428 g/mol. The molecule has 0 atom stereocenters. The molecule has 0 spiro atoms. The fourth-order valence-corrected chi connectivity index (χ4v) is 4.59. The van der Waals surface area contributed by atoms with E-state index in [1.807, 2.05) is 31.2 Å². The number of hydrogen-bond donors (Lipinski definition) is 0. The molecule has 0 aliphatic heterocycles. The van der Waals surface area contributed by atoms with E-state index in [2.05, 4.69) is 6.92 Å². The summed E-state index contributed by atoms with van der Waals surface area (Å²) in [6, 6.07) is 14.5. The van der Waals surface area contributed by atoms with E-state index in [0.29, 0.717) is 24.7 Å². The highest BCUT2D eigenvalue weighted by atomic mass is 16.5. The van der Waals surface area contributed by atoms with Crippen molar-refractivity contribution in [3.05, 3.63) is 58.7 Å². The highest BCUT2D eigenvalue weighted by Gasteiger charge is 2.23. The lowest BCUT2D eigenvalue weighted by atomic mass is 9.77. The molecular formula is C28H32N2O4. The van der Waals surface area contributed by atoms with Gasteiger partial charge in [0.1, 0.15) is 35.6 Å². The number of nitrogens with zero attached hydrogens (tertiary/aromatic N) is 2. The Hall–Kier alpha value is -3.35. The molecule has 178 valence electrons. The second-order valence-corrected chi connectivity index (χ2v) is 8.60. The van der Waals surface area contributed by atoms with Gasteiger partial charge in [-0.1, -0.05) is 31.9 Å². The third kappa shape index (κ3) is 6.37. The molecule has 0 unspecified atom stereocenters. The quantitative estimate of drug-likeness (QED) is 0.240. The molecule has 1 fully saturated rings. The molecule has 0 aromatic heterocycles. The molecule has 2 aromatic carbocycles. The third-order valence-corrected chi connectivity index (χ3v) is 6.41. The average Bonchev–Trinajstić information content (AvgIpc) is 2.87. The number of carbonyl (C=O) groups excluding carboxylic acids is 1. The van der Waals surface area contributed by atoms with Crippen LogP contribution in [-0.2, 0) is 4.74 Å². The molecule has 6 nitrogen and oxygen atoms in total. The summed E-state index contributed by atoms with van der Waals surface area (Å²) in [5, 5.41) is 19.2. The zero-order chi connectivity index (χ0) is 24.3. The monoisotopic (exact) mass is 460 g/mol. The number of hydrogen-bond acceptors (Lipinski definition) is 6. The van der Waals surface area contributed by atoms with Gasteiger partial charge in [0.15, 0.2) is 5.75 Å². The Morgan fingerprint density at radius 3 is 2.18 bits per heavy atom. The lowest BCUT2D eigenvalue weighted by molar-refractivity contribution is 0.0734. The number of benzene rings is 2. The van der Waals surface area contributed by atoms with E-state index < -0.39 is 5.97 Å². The maximum atomic E-state index is 12.8. The Labute approximate surface area is 202 Å². The van der Waals surface area contributed by atoms with Crippen LogP contribution in [0.4, 0.5) is 0 Å². The number of carbonyl (C=O) groups is 1. The van der Waals surface area contributed by atoms with Crippen molar-refractivity contribution < 1.29 is 19.0 Å². The van der Waals surface area contributed by atoms with Crippen LogP contribution in [0.3, 0.4) is 0 Å². The Balaban J connectivity index is 1.67. The summed E-state index contributed by atoms with van der Waals surface area (Å²) in [4.78, 5) is 12.8. The van der Waals surface area contributed by atoms with Crippen LogP contribution in [0.2, 0.25) is 0 Å². The van der Waals surface area contributed by atoms with E-state index >= 15 is 0 Å². The van der Waals surface area contributed by atoms with Gasteiger partial charge in [-0.2, -0.15) is 10.5 Å². The summed E-state index contributed by atoms with van der Waals surface area (Å²) in [5.41, 5.74) is 1.68. The minimum absolute atomic E-state index is 0.0229. The van der Waals surface area contributed by atoms with Crippen LogP contribution in [-0.4, -0.2) is 25.8 Å². The highest BCUT2D eigenvalue weighted by Crippen LogP contribution is 2.37. The second kappa shape index (κ2) is 12.8. The van der Waals surface area contributed by atoms with Crippen LogP contribution in [0.15, 0.2) is 36.4 Å². The standard InChI is InChI=1S/C28H32N2O4/c1-3-5-20-6-8-21(9-7-20)22-10-12-23(13-11-22)28(31)34-27-15-14-26(33-17-16-32-4-2)24(18-29)25(27)19-30/h10-15,20-21H,3-9,16-17H2,1-2H3. The van der Waals surface area contributed by atoms with Gasteiger partial charge in [-0.25, -0.2) is 4.79 Å². The van der Waals surface area contributed by atoms with Crippen LogP contribution in [0, 0.1) is 28.6 Å². The van der Waals surface area contributed by atoms with E-state index in [9.17, 15) is 15.3 Å². The summed E-state index contributed by atoms with van der Waals surface area (Å²) in [6.07, 6.45) is 7.48. The van der Waals surface area contributed by atoms with Gasteiger partial charge in [0.25, 0.3) is 0 Å². The van der Waals surface area contributed by atoms with E-state index in [4.69, 9.17) is 14.2 Å². The van der Waals surface area contributed by atoms with Crippen molar-refractivity contribution in [2.75, 3.05) is 19.8 Å². The van der Waals surface area contributed by atoms with Gasteiger partial charge in [0.05, 0.1) is 12.2 Å². The maximum absolute atomic E-state index is 12.8. The number of rotatable bonds is 10.